The van der Waals surface area contributed by atoms with Gasteiger partial charge in [0.2, 0.25) is 20.0 Å². The fourth-order valence-corrected chi connectivity index (χ4v) is 6.79. The zero-order chi connectivity index (χ0) is 15.1. The first kappa shape index (κ1) is 15.7. The van der Waals surface area contributed by atoms with Gasteiger partial charge in [0.05, 0.1) is 11.0 Å². The van der Waals surface area contributed by atoms with Crippen molar-refractivity contribution in [3.8, 4) is 0 Å². The summed E-state index contributed by atoms with van der Waals surface area (Å²) in [5.74, 6) is 0.483. The summed E-state index contributed by atoms with van der Waals surface area (Å²) in [6.07, 6.45) is 6.05. The smallest absolute Gasteiger partial charge is 0.212 e. The number of piperidine rings is 1. The molecule has 0 radical (unpaired) electrons. The molecule has 2 aliphatic carbocycles. The molecule has 0 unspecified atom stereocenters. The summed E-state index contributed by atoms with van der Waals surface area (Å²) >= 11 is 0. The van der Waals surface area contributed by atoms with Crippen molar-refractivity contribution in [1.82, 2.24) is 9.03 Å². The molecule has 21 heavy (non-hydrogen) atoms. The standard InChI is InChI=1S/C13H24N2O4S2/c16-20(17,10-11-3-1-4-11)14-12-5-2-8-15(9-12)21(18,19)13-6-7-13/h11-14H,1-10H2/t12-/m1/s1. The van der Waals surface area contributed by atoms with Crippen LogP contribution in [-0.4, -0.2) is 51.3 Å². The van der Waals surface area contributed by atoms with Crippen LogP contribution in [0.4, 0.5) is 0 Å². The van der Waals surface area contributed by atoms with E-state index in [0.717, 1.165) is 44.9 Å². The van der Waals surface area contributed by atoms with Crippen LogP contribution < -0.4 is 4.72 Å². The Kier molecular flexibility index (Phi) is 4.33. The van der Waals surface area contributed by atoms with Gasteiger partial charge in [-0.25, -0.2) is 25.9 Å². The maximum Gasteiger partial charge on any atom is 0.217 e. The summed E-state index contributed by atoms with van der Waals surface area (Å²) in [5, 5.41) is -0.220. The van der Waals surface area contributed by atoms with Gasteiger partial charge in [0.25, 0.3) is 0 Å². The van der Waals surface area contributed by atoms with Crippen LogP contribution in [0.3, 0.4) is 0 Å². The molecule has 0 aromatic heterocycles. The molecule has 3 fully saturated rings. The van der Waals surface area contributed by atoms with E-state index in [-0.39, 0.29) is 23.0 Å². The van der Waals surface area contributed by atoms with Crippen molar-refractivity contribution in [2.24, 2.45) is 5.92 Å². The minimum atomic E-state index is -3.29. The summed E-state index contributed by atoms with van der Waals surface area (Å²) in [6, 6.07) is -0.266. The molecule has 1 aliphatic heterocycles. The Balaban J connectivity index is 1.58. The Labute approximate surface area is 127 Å². The molecule has 3 rings (SSSR count). The lowest BCUT2D eigenvalue weighted by molar-refractivity contribution is 0.300. The minimum absolute atomic E-state index is 0.193. The first-order valence-electron chi connectivity index (χ1n) is 7.86. The summed E-state index contributed by atoms with van der Waals surface area (Å²) in [4.78, 5) is 0. The van der Waals surface area contributed by atoms with E-state index in [9.17, 15) is 16.8 Å². The van der Waals surface area contributed by atoms with Crippen molar-refractivity contribution < 1.29 is 16.8 Å². The van der Waals surface area contributed by atoms with Gasteiger partial charge in [-0.15, -0.1) is 0 Å². The molecule has 1 saturated heterocycles. The van der Waals surface area contributed by atoms with Crippen LogP contribution >= 0.6 is 0 Å². The van der Waals surface area contributed by atoms with Gasteiger partial charge in [0.1, 0.15) is 0 Å². The molecule has 0 spiro atoms. The Hall–Kier alpha value is -0.180. The van der Waals surface area contributed by atoms with Crippen LogP contribution in [0.1, 0.15) is 44.9 Å². The molecule has 0 bridgehead atoms. The normalized spacial score (nSPS) is 29.2. The summed E-state index contributed by atoms with van der Waals surface area (Å²) < 4.78 is 52.9. The second-order valence-corrected chi connectivity index (χ2v) is 10.6. The van der Waals surface area contributed by atoms with Gasteiger partial charge in [0.15, 0.2) is 0 Å². The van der Waals surface area contributed by atoms with E-state index in [0.29, 0.717) is 13.1 Å². The third-order valence-electron chi connectivity index (χ3n) is 4.72. The van der Waals surface area contributed by atoms with Crippen molar-refractivity contribution in [1.29, 1.82) is 0 Å². The van der Waals surface area contributed by atoms with E-state index >= 15 is 0 Å². The summed E-state index contributed by atoms with van der Waals surface area (Å²) in [5.41, 5.74) is 0. The zero-order valence-electron chi connectivity index (χ0n) is 12.2. The number of sulfonamides is 2. The molecule has 0 aromatic rings. The fraction of sp³-hybridized carbons (Fsp3) is 1.00. The number of hydrogen-bond acceptors (Lipinski definition) is 4. The van der Waals surface area contributed by atoms with Crippen LogP contribution in [0.25, 0.3) is 0 Å². The summed E-state index contributed by atoms with van der Waals surface area (Å²) in [6.45, 7) is 0.822. The molecule has 0 aromatic carbocycles. The van der Waals surface area contributed by atoms with Crippen molar-refractivity contribution >= 4 is 20.0 Å². The molecule has 8 heteroatoms. The van der Waals surface area contributed by atoms with Crippen molar-refractivity contribution in [3.63, 3.8) is 0 Å². The van der Waals surface area contributed by atoms with Gasteiger partial charge < -0.3 is 0 Å². The lowest BCUT2D eigenvalue weighted by atomic mass is 9.87. The van der Waals surface area contributed by atoms with Crippen LogP contribution in [-0.2, 0) is 20.0 Å². The first-order chi connectivity index (χ1) is 9.87. The first-order valence-corrected chi connectivity index (χ1v) is 11.0. The fourth-order valence-electron chi connectivity index (χ4n) is 3.12. The van der Waals surface area contributed by atoms with Gasteiger partial charge in [-0.1, -0.05) is 6.42 Å². The predicted molar refractivity (Wildman–Crippen MR) is 80.8 cm³/mol. The highest BCUT2D eigenvalue weighted by molar-refractivity contribution is 7.90. The Bertz CT molecular complexity index is 579. The lowest BCUT2D eigenvalue weighted by Gasteiger charge is -2.33. The Morgan fingerprint density at radius 3 is 2.24 bits per heavy atom. The average molecular weight is 336 g/mol. The molecule has 6 nitrogen and oxygen atoms in total. The van der Waals surface area contributed by atoms with Gasteiger partial charge in [-0.05, 0) is 44.4 Å². The second kappa shape index (κ2) is 5.79. The quantitative estimate of drug-likeness (QED) is 0.772. The molecule has 3 aliphatic rings. The number of hydrogen-bond donors (Lipinski definition) is 1. The predicted octanol–water partition coefficient (Wildman–Crippen LogP) is 0.663. The molecular formula is C13H24N2O4S2. The summed E-state index contributed by atoms with van der Waals surface area (Å²) in [7, 11) is -6.48. The van der Waals surface area contributed by atoms with E-state index in [2.05, 4.69) is 4.72 Å². The van der Waals surface area contributed by atoms with Gasteiger partial charge in [-0.3, -0.25) is 0 Å². The molecule has 1 atom stereocenters. The molecule has 1 N–H and O–H groups in total. The molecule has 2 saturated carbocycles. The maximum atomic E-state index is 12.2. The van der Waals surface area contributed by atoms with Crippen molar-refractivity contribution in [2.75, 3.05) is 18.8 Å². The third kappa shape index (κ3) is 3.78. The monoisotopic (exact) mass is 336 g/mol. The molecule has 1 heterocycles. The van der Waals surface area contributed by atoms with Crippen molar-refractivity contribution in [3.05, 3.63) is 0 Å². The molecular weight excluding hydrogens is 312 g/mol. The van der Waals surface area contributed by atoms with Crippen LogP contribution in [0.5, 0.6) is 0 Å². The third-order valence-corrected chi connectivity index (χ3v) is 8.68. The van der Waals surface area contributed by atoms with E-state index in [1.807, 2.05) is 0 Å². The van der Waals surface area contributed by atoms with E-state index in [1.54, 1.807) is 0 Å². The number of nitrogens with one attached hydrogen (secondary N) is 1. The number of nitrogens with zero attached hydrogens (tertiary/aromatic N) is 1. The SMILES string of the molecule is O=S(=O)(CC1CCC1)N[C@@H]1CCCN(S(=O)(=O)C2CC2)C1. The van der Waals surface area contributed by atoms with E-state index < -0.39 is 20.0 Å². The van der Waals surface area contributed by atoms with Gasteiger partial charge in [0, 0.05) is 19.1 Å². The highest BCUT2D eigenvalue weighted by Crippen LogP contribution is 2.32. The maximum absolute atomic E-state index is 12.2. The van der Waals surface area contributed by atoms with E-state index in [1.165, 1.54) is 4.31 Å². The molecule has 122 valence electrons. The Morgan fingerprint density at radius 2 is 1.67 bits per heavy atom. The van der Waals surface area contributed by atoms with Gasteiger partial charge >= 0.3 is 0 Å². The highest BCUT2D eigenvalue weighted by atomic mass is 32.2. The minimum Gasteiger partial charge on any atom is -0.212 e. The lowest BCUT2D eigenvalue weighted by Crippen LogP contribution is -2.51. The van der Waals surface area contributed by atoms with Gasteiger partial charge in [-0.2, -0.15) is 0 Å². The Morgan fingerprint density at radius 1 is 0.952 bits per heavy atom. The molecule has 0 amide bonds. The topological polar surface area (TPSA) is 83.6 Å². The second-order valence-electron chi connectivity index (χ2n) is 6.64. The van der Waals surface area contributed by atoms with E-state index in [4.69, 9.17) is 0 Å². The van der Waals surface area contributed by atoms with Crippen LogP contribution in [0.2, 0.25) is 0 Å². The highest BCUT2D eigenvalue weighted by Gasteiger charge is 2.42. The number of rotatable bonds is 6. The van der Waals surface area contributed by atoms with Crippen LogP contribution in [0, 0.1) is 5.92 Å². The van der Waals surface area contributed by atoms with Crippen molar-refractivity contribution in [2.45, 2.75) is 56.2 Å². The average Bonchev–Trinajstić information content (AvgIpc) is 3.18. The largest absolute Gasteiger partial charge is 0.217 e. The zero-order valence-corrected chi connectivity index (χ0v) is 13.8. The van der Waals surface area contributed by atoms with Crippen LogP contribution in [0.15, 0.2) is 0 Å².